The van der Waals surface area contributed by atoms with Gasteiger partial charge >= 0.3 is 5.82 Å². The molecule has 2 aliphatic rings. The number of likely N-dealkylation sites (tertiary alicyclic amines) is 1. The summed E-state index contributed by atoms with van der Waals surface area (Å²) in [5, 5.41) is 14.8. The molecule has 2 aliphatic heterocycles. The largest absolute Gasteiger partial charge is 0.379 e. The number of halogens is 1. The van der Waals surface area contributed by atoms with Crippen LogP contribution in [0.3, 0.4) is 0 Å². The molecule has 0 bridgehead atoms. The Labute approximate surface area is 198 Å². The number of benzene rings is 1. The van der Waals surface area contributed by atoms with E-state index in [9.17, 15) is 14.9 Å². The van der Waals surface area contributed by atoms with Gasteiger partial charge in [-0.25, -0.2) is 0 Å². The van der Waals surface area contributed by atoms with Crippen molar-refractivity contribution in [2.75, 3.05) is 56.0 Å². The Bertz CT molecular complexity index is 940. The summed E-state index contributed by atoms with van der Waals surface area (Å²) in [5.74, 6) is 0.0537. The molecule has 9 nitrogen and oxygen atoms in total. The number of nitrogens with zero attached hydrogens (tertiary/aromatic N) is 5. The van der Waals surface area contributed by atoms with Crippen molar-refractivity contribution in [1.29, 1.82) is 0 Å². The summed E-state index contributed by atoms with van der Waals surface area (Å²) in [5.41, 5.74) is 1.96. The second-order valence-corrected chi connectivity index (χ2v) is 8.95. The fourth-order valence-corrected chi connectivity index (χ4v) is 4.51. The molecular weight excluding hydrogens is 444 g/mol. The molecule has 3 heterocycles. The molecule has 2 saturated heterocycles. The molecular formula is C23H29ClN6O3. The van der Waals surface area contributed by atoms with Crippen LogP contribution in [0.25, 0.3) is 0 Å². The van der Waals surface area contributed by atoms with Crippen LogP contribution in [0.4, 0.5) is 17.2 Å². The molecule has 33 heavy (non-hydrogen) atoms. The zero-order valence-corrected chi connectivity index (χ0v) is 19.3. The monoisotopic (exact) mass is 472 g/mol. The zero-order valence-electron chi connectivity index (χ0n) is 18.5. The zero-order chi connectivity index (χ0) is 23.2. The van der Waals surface area contributed by atoms with Crippen LogP contribution in [0.2, 0.25) is 5.02 Å². The first-order valence-corrected chi connectivity index (χ1v) is 11.7. The van der Waals surface area contributed by atoms with Crippen LogP contribution in [0.1, 0.15) is 19.3 Å². The van der Waals surface area contributed by atoms with E-state index in [-0.39, 0.29) is 17.8 Å². The van der Waals surface area contributed by atoms with E-state index in [0.717, 1.165) is 69.4 Å². The number of piperazine rings is 1. The number of piperidine rings is 1. The molecule has 176 valence electrons. The topological polar surface area (TPSA) is 94.9 Å². The lowest BCUT2D eigenvalue weighted by Crippen LogP contribution is -2.48. The maximum Gasteiger partial charge on any atom is 0.363 e. The number of anilines is 2. The van der Waals surface area contributed by atoms with E-state index in [1.807, 2.05) is 17.0 Å². The van der Waals surface area contributed by atoms with Crippen LogP contribution < -0.4 is 10.2 Å². The summed E-state index contributed by atoms with van der Waals surface area (Å²) in [6, 6.07) is 11.3. The van der Waals surface area contributed by atoms with E-state index in [2.05, 4.69) is 32.2 Å². The number of hydrogen-bond donors (Lipinski definition) is 1. The maximum absolute atomic E-state index is 12.7. The van der Waals surface area contributed by atoms with Gasteiger partial charge in [-0.2, -0.15) is 0 Å². The van der Waals surface area contributed by atoms with Gasteiger partial charge in [-0.1, -0.05) is 11.6 Å². The normalized spacial score (nSPS) is 17.7. The van der Waals surface area contributed by atoms with Crippen molar-refractivity contribution >= 4 is 34.7 Å². The van der Waals surface area contributed by atoms with Crippen LogP contribution in [0.15, 0.2) is 42.6 Å². The number of carbonyl (C=O) groups is 1. The molecule has 0 saturated carbocycles. The van der Waals surface area contributed by atoms with Crippen LogP contribution in [0.5, 0.6) is 0 Å². The maximum atomic E-state index is 12.7. The SMILES string of the molecule is O=C(CCN1CCN(c2ccc(Cl)cc2)CC1)N1CCC(Nc2ccc([N+](=O)[O-])nc2)CC1. The predicted molar refractivity (Wildman–Crippen MR) is 129 cm³/mol. The van der Waals surface area contributed by atoms with E-state index in [1.54, 1.807) is 6.07 Å². The van der Waals surface area contributed by atoms with Crippen molar-refractivity contribution in [2.45, 2.75) is 25.3 Å². The number of aromatic nitrogens is 1. The lowest BCUT2D eigenvalue weighted by atomic mass is 10.0. The van der Waals surface area contributed by atoms with E-state index in [0.29, 0.717) is 6.42 Å². The lowest BCUT2D eigenvalue weighted by molar-refractivity contribution is -0.389. The summed E-state index contributed by atoms with van der Waals surface area (Å²) in [6.45, 7) is 6.04. The fourth-order valence-electron chi connectivity index (χ4n) is 4.38. The average Bonchev–Trinajstić information content (AvgIpc) is 2.84. The van der Waals surface area contributed by atoms with Gasteiger partial charge in [0, 0.05) is 75.1 Å². The molecule has 4 rings (SSSR count). The van der Waals surface area contributed by atoms with Crippen molar-refractivity contribution in [3.8, 4) is 0 Å². The number of carbonyl (C=O) groups excluding carboxylic acids is 1. The lowest BCUT2D eigenvalue weighted by Gasteiger charge is -2.37. The fraction of sp³-hybridized carbons (Fsp3) is 0.478. The second-order valence-electron chi connectivity index (χ2n) is 8.52. The van der Waals surface area contributed by atoms with Gasteiger partial charge < -0.3 is 25.2 Å². The molecule has 0 unspecified atom stereocenters. The van der Waals surface area contributed by atoms with Crippen molar-refractivity contribution < 1.29 is 9.72 Å². The van der Waals surface area contributed by atoms with Gasteiger partial charge in [0.05, 0.1) is 5.69 Å². The molecule has 0 atom stereocenters. The molecule has 1 aromatic carbocycles. The van der Waals surface area contributed by atoms with Crippen LogP contribution in [-0.4, -0.2) is 77.5 Å². The second kappa shape index (κ2) is 10.8. The van der Waals surface area contributed by atoms with Crippen molar-refractivity contribution in [2.24, 2.45) is 0 Å². The van der Waals surface area contributed by atoms with E-state index in [4.69, 9.17) is 11.6 Å². The predicted octanol–water partition coefficient (Wildman–Crippen LogP) is 3.26. The third kappa shape index (κ3) is 6.33. The highest BCUT2D eigenvalue weighted by molar-refractivity contribution is 6.30. The summed E-state index contributed by atoms with van der Waals surface area (Å²) >= 11 is 5.98. The van der Waals surface area contributed by atoms with Gasteiger partial charge in [0.15, 0.2) is 6.20 Å². The minimum absolute atomic E-state index is 0.160. The first kappa shape index (κ1) is 23.3. The Balaban J connectivity index is 1.15. The van der Waals surface area contributed by atoms with Crippen molar-refractivity contribution in [3.63, 3.8) is 0 Å². The summed E-state index contributed by atoms with van der Waals surface area (Å²) < 4.78 is 0. The highest BCUT2D eigenvalue weighted by atomic mass is 35.5. The molecule has 2 aromatic rings. The van der Waals surface area contributed by atoms with E-state index < -0.39 is 4.92 Å². The van der Waals surface area contributed by atoms with Gasteiger partial charge in [0.25, 0.3) is 0 Å². The number of amides is 1. The molecule has 10 heteroatoms. The Kier molecular flexibility index (Phi) is 7.61. The number of pyridine rings is 1. The molecule has 0 radical (unpaired) electrons. The average molecular weight is 473 g/mol. The van der Waals surface area contributed by atoms with Gasteiger partial charge in [-0.05, 0) is 53.1 Å². The van der Waals surface area contributed by atoms with Gasteiger partial charge in [-0.3, -0.25) is 9.69 Å². The number of rotatable bonds is 7. The van der Waals surface area contributed by atoms with E-state index in [1.165, 1.54) is 18.0 Å². The number of hydrogen-bond acceptors (Lipinski definition) is 7. The molecule has 1 amide bonds. The first-order chi connectivity index (χ1) is 16.0. The minimum atomic E-state index is -0.507. The Morgan fingerprint density at radius 3 is 2.36 bits per heavy atom. The van der Waals surface area contributed by atoms with Crippen molar-refractivity contribution in [1.82, 2.24) is 14.8 Å². The Morgan fingerprint density at radius 2 is 1.76 bits per heavy atom. The summed E-state index contributed by atoms with van der Waals surface area (Å²) in [7, 11) is 0. The molecule has 0 aliphatic carbocycles. The Hall–Kier alpha value is -2.91. The Morgan fingerprint density at radius 1 is 1.06 bits per heavy atom. The van der Waals surface area contributed by atoms with Gasteiger partial charge in [-0.15, -0.1) is 0 Å². The summed E-state index contributed by atoms with van der Waals surface area (Å²) in [6.07, 6.45) is 3.73. The smallest absolute Gasteiger partial charge is 0.363 e. The molecule has 2 fully saturated rings. The van der Waals surface area contributed by atoms with Crippen molar-refractivity contribution in [3.05, 3.63) is 57.7 Å². The standard InChI is InChI=1S/C23H29ClN6O3/c24-18-1-4-21(5-2-18)28-15-13-27(14-16-28)10-9-23(31)29-11-7-19(8-12-29)26-20-3-6-22(25-17-20)30(32)33/h1-6,17,19,26H,7-16H2. The summed E-state index contributed by atoms with van der Waals surface area (Å²) in [4.78, 5) is 33.4. The molecule has 1 aromatic heterocycles. The highest BCUT2D eigenvalue weighted by Crippen LogP contribution is 2.21. The van der Waals surface area contributed by atoms with E-state index >= 15 is 0 Å². The highest BCUT2D eigenvalue weighted by Gasteiger charge is 2.24. The third-order valence-corrected chi connectivity index (χ3v) is 6.61. The first-order valence-electron chi connectivity index (χ1n) is 11.4. The molecule has 1 N–H and O–H groups in total. The third-order valence-electron chi connectivity index (χ3n) is 6.36. The number of nitro groups is 1. The quantitative estimate of drug-likeness (QED) is 0.488. The molecule has 0 spiro atoms. The minimum Gasteiger partial charge on any atom is -0.379 e. The van der Waals surface area contributed by atoms with Crippen LogP contribution in [0, 0.1) is 10.1 Å². The van der Waals surface area contributed by atoms with Crippen LogP contribution >= 0.6 is 11.6 Å². The van der Waals surface area contributed by atoms with Crippen LogP contribution in [-0.2, 0) is 4.79 Å². The number of nitrogens with one attached hydrogen (secondary N) is 1. The van der Waals surface area contributed by atoms with Gasteiger partial charge in [0.2, 0.25) is 5.91 Å². The van der Waals surface area contributed by atoms with Gasteiger partial charge in [0.1, 0.15) is 0 Å².